The number of hydrogen-bond acceptors (Lipinski definition) is 2. The van der Waals surface area contributed by atoms with Gasteiger partial charge < -0.3 is 9.80 Å². The fourth-order valence-electron chi connectivity index (χ4n) is 2.25. The standard InChI is InChI=1S/C7H13NO.C6H11NO/c1-2-5-8-6-3-4-7(8)9;1-2-7-5-3-4-6(7)8/h2-6H2,1H3;2-5H2,1H3. The summed E-state index contributed by atoms with van der Waals surface area (Å²) in [6.07, 6.45) is 4.77. The molecular weight excluding hydrogens is 216 g/mol. The molecule has 4 nitrogen and oxygen atoms in total. The van der Waals surface area contributed by atoms with Gasteiger partial charge in [-0.1, -0.05) is 6.92 Å². The van der Waals surface area contributed by atoms with Crippen molar-refractivity contribution in [2.75, 3.05) is 26.2 Å². The van der Waals surface area contributed by atoms with Crippen LogP contribution in [-0.2, 0) is 9.59 Å². The Morgan fingerprint density at radius 2 is 1.47 bits per heavy atom. The van der Waals surface area contributed by atoms with Crippen LogP contribution in [0.2, 0.25) is 0 Å². The van der Waals surface area contributed by atoms with Crippen molar-refractivity contribution < 1.29 is 9.59 Å². The van der Waals surface area contributed by atoms with E-state index in [1.165, 1.54) is 0 Å². The van der Waals surface area contributed by atoms with Gasteiger partial charge in [-0.05, 0) is 26.2 Å². The smallest absolute Gasteiger partial charge is 0.222 e. The molecular formula is C13H24N2O2. The Hall–Kier alpha value is -1.06. The molecule has 2 aliphatic heterocycles. The molecule has 0 N–H and O–H groups in total. The summed E-state index contributed by atoms with van der Waals surface area (Å²) < 4.78 is 0. The molecule has 0 spiro atoms. The maximum absolute atomic E-state index is 10.9. The van der Waals surface area contributed by atoms with Gasteiger partial charge in [0, 0.05) is 39.0 Å². The Kier molecular flexibility index (Phi) is 6.01. The number of carbonyl (C=O) groups excluding carboxylic acids is 2. The second-order valence-electron chi connectivity index (χ2n) is 4.56. The Morgan fingerprint density at radius 1 is 0.941 bits per heavy atom. The Bertz CT molecular complexity index is 266. The maximum atomic E-state index is 10.9. The molecule has 98 valence electrons. The van der Waals surface area contributed by atoms with Crippen molar-refractivity contribution in [3.05, 3.63) is 0 Å². The molecule has 0 bridgehead atoms. The third-order valence-corrected chi connectivity index (χ3v) is 3.22. The largest absolute Gasteiger partial charge is 0.343 e. The number of amides is 2. The zero-order valence-electron chi connectivity index (χ0n) is 11.1. The van der Waals surface area contributed by atoms with Crippen LogP contribution >= 0.6 is 0 Å². The summed E-state index contributed by atoms with van der Waals surface area (Å²) in [6, 6.07) is 0. The summed E-state index contributed by atoms with van der Waals surface area (Å²) in [6.45, 7) is 7.94. The number of likely N-dealkylation sites (tertiary alicyclic amines) is 2. The Morgan fingerprint density at radius 3 is 1.76 bits per heavy atom. The van der Waals surface area contributed by atoms with Gasteiger partial charge in [-0.25, -0.2) is 0 Å². The summed E-state index contributed by atoms with van der Waals surface area (Å²) in [7, 11) is 0. The SMILES string of the molecule is CCCN1CCCC1=O.CCN1CCCC1=O. The van der Waals surface area contributed by atoms with E-state index in [0.29, 0.717) is 11.8 Å². The molecule has 0 aliphatic carbocycles. The summed E-state index contributed by atoms with van der Waals surface area (Å²) in [5.74, 6) is 0.671. The van der Waals surface area contributed by atoms with Crippen LogP contribution in [0.1, 0.15) is 46.0 Å². The number of rotatable bonds is 3. The topological polar surface area (TPSA) is 40.6 Å². The Balaban J connectivity index is 0.000000171. The van der Waals surface area contributed by atoms with E-state index in [9.17, 15) is 9.59 Å². The van der Waals surface area contributed by atoms with Crippen LogP contribution in [0.15, 0.2) is 0 Å². The van der Waals surface area contributed by atoms with E-state index in [2.05, 4.69) is 6.92 Å². The lowest BCUT2D eigenvalue weighted by molar-refractivity contribution is -0.128. The normalized spacial score (nSPS) is 19.6. The second-order valence-corrected chi connectivity index (χ2v) is 4.56. The third kappa shape index (κ3) is 4.36. The number of carbonyl (C=O) groups is 2. The molecule has 2 rings (SSSR count). The third-order valence-electron chi connectivity index (χ3n) is 3.22. The first kappa shape index (κ1) is 14.0. The molecule has 0 aromatic heterocycles. The minimum Gasteiger partial charge on any atom is -0.343 e. The van der Waals surface area contributed by atoms with E-state index in [0.717, 1.165) is 58.3 Å². The minimum absolute atomic E-state index is 0.326. The first-order valence-corrected chi connectivity index (χ1v) is 6.74. The average Bonchev–Trinajstić information content (AvgIpc) is 2.90. The molecule has 0 radical (unpaired) electrons. The van der Waals surface area contributed by atoms with Crippen LogP contribution in [0, 0.1) is 0 Å². The lowest BCUT2D eigenvalue weighted by Crippen LogP contribution is -2.24. The molecule has 4 heteroatoms. The van der Waals surface area contributed by atoms with Gasteiger partial charge >= 0.3 is 0 Å². The van der Waals surface area contributed by atoms with E-state index < -0.39 is 0 Å². The second kappa shape index (κ2) is 7.30. The van der Waals surface area contributed by atoms with E-state index in [1.807, 2.05) is 16.7 Å². The first-order valence-electron chi connectivity index (χ1n) is 6.74. The predicted octanol–water partition coefficient (Wildman–Crippen LogP) is 1.65. The number of hydrogen-bond donors (Lipinski definition) is 0. The van der Waals surface area contributed by atoms with Crippen molar-refractivity contribution in [2.24, 2.45) is 0 Å². The Labute approximate surface area is 104 Å². The zero-order valence-corrected chi connectivity index (χ0v) is 11.1. The lowest BCUT2D eigenvalue weighted by atomic mass is 10.4. The van der Waals surface area contributed by atoms with Crippen molar-refractivity contribution in [1.29, 1.82) is 0 Å². The van der Waals surface area contributed by atoms with Crippen LogP contribution in [-0.4, -0.2) is 47.8 Å². The van der Waals surface area contributed by atoms with Crippen LogP contribution < -0.4 is 0 Å². The van der Waals surface area contributed by atoms with Gasteiger partial charge in [-0.3, -0.25) is 9.59 Å². The van der Waals surface area contributed by atoms with Gasteiger partial charge in [-0.15, -0.1) is 0 Å². The van der Waals surface area contributed by atoms with Crippen molar-refractivity contribution in [3.8, 4) is 0 Å². The van der Waals surface area contributed by atoms with Crippen LogP contribution in [0.4, 0.5) is 0 Å². The summed E-state index contributed by atoms with van der Waals surface area (Å²) in [4.78, 5) is 25.5. The van der Waals surface area contributed by atoms with Crippen molar-refractivity contribution >= 4 is 11.8 Å². The fourth-order valence-corrected chi connectivity index (χ4v) is 2.25. The molecule has 2 saturated heterocycles. The van der Waals surface area contributed by atoms with Crippen molar-refractivity contribution in [2.45, 2.75) is 46.0 Å². The molecule has 2 amide bonds. The predicted molar refractivity (Wildman–Crippen MR) is 67.6 cm³/mol. The molecule has 0 atom stereocenters. The van der Waals surface area contributed by atoms with Crippen molar-refractivity contribution in [3.63, 3.8) is 0 Å². The van der Waals surface area contributed by atoms with E-state index in [4.69, 9.17) is 0 Å². The molecule has 0 aromatic carbocycles. The van der Waals surface area contributed by atoms with Gasteiger partial charge in [0.25, 0.3) is 0 Å². The highest BCUT2D eigenvalue weighted by molar-refractivity contribution is 5.78. The molecule has 2 aliphatic rings. The van der Waals surface area contributed by atoms with Gasteiger partial charge in [-0.2, -0.15) is 0 Å². The molecule has 17 heavy (non-hydrogen) atoms. The average molecular weight is 240 g/mol. The molecule has 2 fully saturated rings. The number of nitrogens with zero attached hydrogens (tertiary/aromatic N) is 2. The van der Waals surface area contributed by atoms with Gasteiger partial charge in [0.2, 0.25) is 11.8 Å². The lowest BCUT2D eigenvalue weighted by Gasteiger charge is -2.12. The monoisotopic (exact) mass is 240 g/mol. The van der Waals surface area contributed by atoms with E-state index in [-0.39, 0.29) is 0 Å². The fraction of sp³-hybridized carbons (Fsp3) is 0.846. The van der Waals surface area contributed by atoms with E-state index in [1.54, 1.807) is 0 Å². The molecule has 0 saturated carbocycles. The summed E-state index contributed by atoms with van der Waals surface area (Å²) in [5.41, 5.74) is 0. The van der Waals surface area contributed by atoms with Gasteiger partial charge in [0.05, 0.1) is 0 Å². The molecule has 0 unspecified atom stereocenters. The highest BCUT2D eigenvalue weighted by atomic mass is 16.2. The van der Waals surface area contributed by atoms with Crippen LogP contribution in [0.25, 0.3) is 0 Å². The molecule has 0 aromatic rings. The van der Waals surface area contributed by atoms with Crippen LogP contribution in [0.5, 0.6) is 0 Å². The van der Waals surface area contributed by atoms with Crippen LogP contribution in [0.3, 0.4) is 0 Å². The quantitative estimate of drug-likeness (QED) is 0.752. The zero-order chi connectivity index (χ0) is 12.7. The van der Waals surface area contributed by atoms with Gasteiger partial charge in [0.15, 0.2) is 0 Å². The molecule has 2 heterocycles. The summed E-state index contributed by atoms with van der Waals surface area (Å²) in [5, 5.41) is 0. The highest BCUT2D eigenvalue weighted by Crippen LogP contribution is 2.09. The van der Waals surface area contributed by atoms with Crippen molar-refractivity contribution in [1.82, 2.24) is 9.80 Å². The first-order chi connectivity index (χ1) is 8.19. The maximum Gasteiger partial charge on any atom is 0.222 e. The summed E-state index contributed by atoms with van der Waals surface area (Å²) >= 11 is 0. The van der Waals surface area contributed by atoms with Gasteiger partial charge in [0.1, 0.15) is 0 Å². The minimum atomic E-state index is 0.326. The highest BCUT2D eigenvalue weighted by Gasteiger charge is 2.18. The van der Waals surface area contributed by atoms with E-state index >= 15 is 0 Å².